The number of ether oxygens (including phenoxy) is 2. The van der Waals surface area contributed by atoms with Crippen LogP contribution in [0.1, 0.15) is 32.3 Å². The number of benzene rings is 1. The molecule has 9 nitrogen and oxygen atoms in total. The predicted molar refractivity (Wildman–Crippen MR) is 106 cm³/mol. The fourth-order valence-corrected chi connectivity index (χ4v) is 3.68. The number of aliphatic hydroxyl groups is 4. The molecule has 1 heterocycles. The number of Topliss-reactive ketones (excluding diaryl/α,β-unsaturated/α-hetero) is 1. The summed E-state index contributed by atoms with van der Waals surface area (Å²) in [4.78, 5) is 23.8. The summed E-state index contributed by atoms with van der Waals surface area (Å²) in [5, 5.41) is 40.9. The van der Waals surface area contributed by atoms with Gasteiger partial charge in [-0.1, -0.05) is 30.3 Å². The van der Waals surface area contributed by atoms with Crippen LogP contribution in [-0.4, -0.2) is 75.0 Å². The van der Waals surface area contributed by atoms with E-state index in [-0.39, 0.29) is 25.9 Å². The van der Waals surface area contributed by atoms with E-state index in [2.05, 4.69) is 0 Å². The normalized spacial score (nSPS) is 29.6. The summed E-state index contributed by atoms with van der Waals surface area (Å²) in [7, 11) is 0. The molecule has 0 saturated carbocycles. The van der Waals surface area contributed by atoms with Crippen LogP contribution in [0.5, 0.6) is 0 Å². The Balaban J connectivity index is 1.93. The highest BCUT2D eigenvalue weighted by molar-refractivity contribution is 5.83. The topological polar surface area (TPSA) is 160 Å². The maximum atomic E-state index is 12.1. The Morgan fingerprint density at radius 3 is 2.50 bits per heavy atom. The van der Waals surface area contributed by atoms with Crippen LogP contribution >= 0.6 is 0 Å². The number of aliphatic hydroxyl groups excluding tert-OH is 3. The lowest BCUT2D eigenvalue weighted by molar-refractivity contribution is -0.285. The zero-order chi connectivity index (χ0) is 22.5. The summed E-state index contributed by atoms with van der Waals surface area (Å²) in [5.41, 5.74) is 6.72. The highest BCUT2D eigenvalue weighted by Crippen LogP contribution is 2.36. The van der Waals surface area contributed by atoms with Crippen molar-refractivity contribution in [2.45, 2.75) is 69.4 Å². The van der Waals surface area contributed by atoms with Crippen molar-refractivity contribution in [3.05, 3.63) is 35.9 Å². The Hall–Kier alpha value is -1.88. The first-order chi connectivity index (χ1) is 14.0. The molecular formula is C21H31NO8. The Kier molecular flexibility index (Phi) is 8.48. The summed E-state index contributed by atoms with van der Waals surface area (Å²) < 4.78 is 10.5. The molecule has 168 valence electrons. The molecule has 1 aromatic carbocycles. The molecule has 0 aliphatic carbocycles. The van der Waals surface area contributed by atoms with Crippen LogP contribution in [0.3, 0.4) is 0 Å². The first-order valence-electron chi connectivity index (χ1n) is 9.95. The van der Waals surface area contributed by atoms with Crippen molar-refractivity contribution < 1.29 is 39.5 Å². The third-order valence-corrected chi connectivity index (χ3v) is 5.34. The van der Waals surface area contributed by atoms with E-state index in [1.54, 1.807) is 0 Å². The summed E-state index contributed by atoms with van der Waals surface area (Å²) in [6.07, 6.45) is -4.76. The van der Waals surface area contributed by atoms with Gasteiger partial charge in [0.1, 0.15) is 12.6 Å². The van der Waals surface area contributed by atoms with Gasteiger partial charge in [0, 0.05) is 25.7 Å². The largest absolute Gasteiger partial charge is 0.462 e. The van der Waals surface area contributed by atoms with Gasteiger partial charge in [-0.2, -0.15) is 0 Å². The van der Waals surface area contributed by atoms with Crippen LogP contribution in [0.4, 0.5) is 0 Å². The predicted octanol–water partition coefficient (Wildman–Crippen LogP) is -0.725. The minimum absolute atomic E-state index is 0.177. The SMILES string of the molecule is CC(=O)C1(O)CC(O)C(C(C)O)C(C[C@H](O)COC(=O)C(N)Cc2ccccc2)O1. The molecule has 9 heteroatoms. The van der Waals surface area contributed by atoms with Crippen LogP contribution in [-0.2, 0) is 25.5 Å². The van der Waals surface area contributed by atoms with Gasteiger partial charge in [-0.3, -0.25) is 9.59 Å². The van der Waals surface area contributed by atoms with Gasteiger partial charge >= 0.3 is 5.97 Å². The van der Waals surface area contributed by atoms with Crippen LogP contribution in [0, 0.1) is 5.92 Å². The molecule has 0 radical (unpaired) electrons. The van der Waals surface area contributed by atoms with Crippen LogP contribution < -0.4 is 5.73 Å². The van der Waals surface area contributed by atoms with E-state index in [9.17, 15) is 30.0 Å². The van der Waals surface area contributed by atoms with Crippen molar-refractivity contribution in [3.8, 4) is 0 Å². The molecule has 1 aliphatic rings. The number of ketones is 1. The zero-order valence-corrected chi connectivity index (χ0v) is 17.2. The lowest BCUT2D eigenvalue weighted by Gasteiger charge is -2.44. The third kappa shape index (κ3) is 6.31. The first-order valence-corrected chi connectivity index (χ1v) is 9.95. The number of esters is 1. The molecule has 6 unspecified atom stereocenters. The minimum Gasteiger partial charge on any atom is -0.462 e. The van der Waals surface area contributed by atoms with E-state index in [0.717, 1.165) is 12.5 Å². The summed E-state index contributed by atoms with van der Waals surface area (Å²) in [6, 6.07) is 8.27. The van der Waals surface area contributed by atoms with Crippen molar-refractivity contribution in [1.82, 2.24) is 0 Å². The molecule has 30 heavy (non-hydrogen) atoms. The summed E-state index contributed by atoms with van der Waals surface area (Å²) in [5.74, 6) is -4.42. The van der Waals surface area contributed by atoms with Gasteiger partial charge < -0.3 is 35.6 Å². The molecule has 0 spiro atoms. The van der Waals surface area contributed by atoms with Crippen molar-refractivity contribution in [2.24, 2.45) is 11.7 Å². The van der Waals surface area contributed by atoms with Gasteiger partial charge in [-0.15, -0.1) is 0 Å². The van der Waals surface area contributed by atoms with Crippen molar-refractivity contribution in [3.63, 3.8) is 0 Å². The number of carbonyl (C=O) groups excluding carboxylic acids is 2. The highest BCUT2D eigenvalue weighted by Gasteiger charge is 2.50. The first kappa shape index (κ1) is 24.4. The van der Waals surface area contributed by atoms with E-state index >= 15 is 0 Å². The number of rotatable bonds is 9. The van der Waals surface area contributed by atoms with Crippen molar-refractivity contribution in [1.29, 1.82) is 0 Å². The van der Waals surface area contributed by atoms with E-state index in [0.29, 0.717) is 0 Å². The summed E-state index contributed by atoms with van der Waals surface area (Å²) >= 11 is 0. The van der Waals surface area contributed by atoms with Gasteiger partial charge in [0.25, 0.3) is 0 Å². The molecule has 7 atom stereocenters. The number of nitrogens with two attached hydrogens (primary N) is 1. The average Bonchev–Trinajstić information content (AvgIpc) is 2.65. The maximum Gasteiger partial charge on any atom is 0.323 e. The molecular weight excluding hydrogens is 394 g/mol. The van der Waals surface area contributed by atoms with Crippen LogP contribution in [0.15, 0.2) is 30.3 Å². The second-order valence-corrected chi connectivity index (χ2v) is 7.90. The van der Waals surface area contributed by atoms with Gasteiger partial charge in [0.15, 0.2) is 5.78 Å². The Morgan fingerprint density at radius 2 is 1.93 bits per heavy atom. The Bertz CT molecular complexity index is 712. The molecule has 2 rings (SSSR count). The van der Waals surface area contributed by atoms with Gasteiger partial charge in [-0.25, -0.2) is 0 Å². The van der Waals surface area contributed by atoms with E-state index in [1.807, 2.05) is 30.3 Å². The van der Waals surface area contributed by atoms with E-state index < -0.39 is 53.9 Å². The second kappa shape index (κ2) is 10.4. The monoisotopic (exact) mass is 425 g/mol. The molecule has 1 aromatic rings. The molecule has 0 bridgehead atoms. The molecule has 6 N–H and O–H groups in total. The number of carbonyl (C=O) groups is 2. The molecule has 1 saturated heterocycles. The standard InChI is InChI=1S/C21H31NO8/c1-12(23)19-17(26)10-21(28,13(2)24)30-18(19)9-15(25)11-29-20(27)16(22)8-14-6-4-3-5-7-14/h3-7,12,15-19,23,25-26,28H,8-11,22H2,1-2H3/t12?,15-,16?,17?,18?,19?,21?/m0/s1. The lowest BCUT2D eigenvalue weighted by atomic mass is 9.81. The molecule has 0 amide bonds. The van der Waals surface area contributed by atoms with Crippen molar-refractivity contribution >= 4 is 11.8 Å². The third-order valence-electron chi connectivity index (χ3n) is 5.34. The maximum absolute atomic E-state index is 12.1. The molecule has 1 aliphatic heterocycles. The Labute approximate surface area is 175 Å². The fraction of sp³-hybridized carbons (Fsp3) is 0.619. The molecule has 0 aromatic heterocycles. The molecule has 1 fully saturated rings. The average molecular weight is 425 g/mol. The lowest BCUT2D eigenvalue weighted by Crippen LogP contribution is -2.58. The smallest absolute Gasteiger partial charge is 0.323 e. The summed E-state index contributed by atoms with van der Waals surface area (Å²) in [6.45, 7) is 2.18. The van der Waals surface area contributed by atoms with Gasteiger partial charge in [0.2, 0.25) is 5.79 Å². The van der Waals surface area contributed by atoms with Crippen LogP contribution in [0.2, 0.25) is 0 Å². The van der Waals surface area contributed by atoms with Crippen molar-refractivity contribution in [2.75, 3.05) is 6.61 Å². The second-order valence-electron chi connectivity index (χ2n) is 7.90. The quantitative estimate of drug-likeness (QED) is 0.322. The van der Waals surface area contributed by atoms with Crippen LogP contribution in [0.25, 0.3) is 0 Å². The minimum atomic E-state index is -2.20. The van der Waals surface area contributed by atoms with E-state index in [1.165, 1.54) is 6.92 Å². The number of hydrogen-bond donors (Lipinski definition) is 5. The van der Waals surface area contributed by atoms with Gasteiger partial charge in [-0.05, 0) is 18.9 Å². The highest BCUT2D eigenvalue weighted by atomic mass is 16.6. The Morgan fingerprint density at radius 1 is 1.30 bits per heavy atom. The zero-order valence-electron chi connectivity index (χ0n) is 17.2. The van der Waals surface area contributed by atoms with E-state index in [4.69, 9.17) is 15.2 Å². The fourth-order valence-electron chi connectivity index (χ4n) is 3.68. The van der Waals surface area contributed by atoms with Gasteiger partial charge in [0.05, 0.1) is 24.4 Å². The number of hydrogen-bond acceptors (Lipinski definition) is 9.